The van der Waals surface area contributed by atoms with Crippen LogP contribution in [-0.2, 0) is 4.74 Å². The van der Waals surface area contributed by atoms with Crippen molar-refractivity contribution in [3.05, 3.63) is 34.9 Å². The third-order valence-electron chi connectivity index (χ3n) is 3.27. The summed E-state index contributed by atoms with van der Waals surface area (Å²) in [7, 11) is 0. The van der Waals surface area contributed by atoms with E-state index >= 15 is 0 Å². The molecular formula is C18H20N2O3. The Morgan fingerprint density at radius 2 is 1.74 bits per heavy atom. The van der Waals surface area contributed by atoms with Gasteiger partial charge < -0.3 is 15.8 Å². The Hall–Kier alpha value is -2.92. The first-order chi connectivity index (χ1) is 10.7. The molecule has 0 bridgehead atoms. The lowest BCUT2D eigenvalue weighted by atomic mass is 9.87. The number of nitrogens with one attached hydrogen (secondary N) is 1. The maximum atomic E-state index is 12.5. The second-order valence-electron chi connectivity index (χ2n) is 6.11. The molecule has 1 aromatic rings. The number of carbonyl (C=O) groups excluding carboxylic acids is 2. The van der Waals surface area contributed by atoms with Crippen molar-refractivity contribution in [1.29, 1.82) is 0 Å². The van der Waals surface area contributed by atoms with Crippen molar-refractivity contribution in [2.75, 3.05) is 6.61 Å². The van der Waals surface area contributed by atoms with Gasteiger partial charge >= 0.3 is 6.09 Å². The smallest absolute Gasteiger partial charge is 0.404 e. The van der Waals surface area contributed by atoms with E-state index in [1.807, 2.05) is 20.8 Å². The first-order valence-corrected chi connectivity index (χ1v) is 6.98. The summed E-state index contributed by atoms with van der Waals surface area (Å²) in [6, 6.07) is 4.37. The first kappa shape index (κ1) is 18.1. The third-order valence-corrected chi connectivity index (χ3v) is 3.27. The van der Waals surface area contributed by atoms with E-state index in [9.17, 15) is 9.59 Å². The van der Waals surface area contributed by atoms with Crippen molar-refractivity contribution in [2.45, 2.75) is 26.8 Å². The van der Waals surface area contributed by atoms with Gasteiger partial charge in [0.25, 0.3) is 5.91 Å². The van der Waals surface area contributed by atoms with Gasteiger partial charge in [-0.2, -0.15) is 0 Å². The van der Waals surface area contributed by atoms with Crippen LogP contribution in [-0.4, -0.2) is 24.6 Å². The largest absolute Gasteiger partial charge is 0.448 e. The van der Waals surface area contributed by atoms with E-state index in [4.69, 9.17) is 23.3 Å². The molecular weight excluding hydrogens is 292 g/mol. The summed E-state index contributed by atoms with van der Waals surface area (Å²) < 4.78 is 4.82. The summed E-state index contributed by atoms with van der Waals surface area (Å²) in [5.41, 5.74) is 6.03. The number of benzene rings is 1. The first-order valence-electron chi connectivity index (χ1n) is 6.98. The topological polar surface area (TPSA) is 81.4 Å². The lowest BCUT2D eigenvalue weighted by molar-refractivity contribution is 0.0804. The lowest BCUT2D eigenvalue weighted by Crippen LogP contribution is -2.47. The average Bonchev–Trinajstić information content (AvgIpc) is 2.49. The Balaban J connectivity index is 3.01. The number of terminal acetylenes is 2. The second kappa shape index (κ2) is 7.38. The summed E-state index contributed by atoms with van der Waals surface area (Å²) in [4.78, 5) is 23.3. The molecule has 0 aliphatic carbocycles. The van der Waals surface area contributed by atoms with Gasteiger partial charge in [0.1, 0.15) is 6.61 Å². The number of ether oxygens (including phenoxy) is 1. The van der Waals surface area contributed by atoms with Crippen LogP contribution < -0.4 is 11.1 Å². The van der Waals surface area contributed by atoms with Crippen LogP contribution >= 0.6 is 0 Å². The molecule has 0 heterocycles. The van der Waals surface area contributed by atoms with E-state index in [-0.39, 0.29) is 17.9 Å². The fourth-order valence-corrected chi connectivity index (χ4v) is 1.84. The molecule has 0 aliphatic rings. The van der Waals surface area contributed by atoms with E-state index in [0.717, 1.165) is 0 Å². The van der Waals surface area contributed by atoms with Gasteiger partial charge in [-0.05, 0) is 23.6 Å². The Bertz CT molecular complexity index is 655. The van der Waals surface area contributed by atoms with Crippen LogP contribution in [0.1, 0.15) is 42.3 Å². The Labute approximate surface area is 136 Å². The van der Waals surface area contributed by atoms with Crippen molar-refractivity contribution in [1.82, 2.24) is 5.32 Å². The predicted octanol–water partition coefficient (Wildman–Crippen LogP) is 1.89. The van der Waals surface area contributed by atoms with Crippen LogP contribution in [0.4, 0.5) is 4.79 Å². The number of carbonyl (C=O) groups is 2. The highest BCUT2D eigenvalue weighted by Crippen LogP contribution is 2.20. The highest BCUT2D eigenvalue weighted by Gasteiger charge is 2.28. The molecule has 1 rings (SSSR count). The van der Waals surface area contributed by atoms with Crippen LogP contribution in [0, 0.1) is 30.1 Å². The molecule has 0 aliphatic heterocycles. The molecule has 0 fully saturated rings. The maximum absolute atomic E-state index is 12.5. The van der Waals surface area contributed by atoms with Gasteiger partial charge in [-0.3, -0.25) is 4.79 Å². The molecule has 0 saturated carbocycles. The van der Waals surface area contributed by atoms with Gasteiger partial charge in [0, 0.05) is 16.7 Å². The molecule has 0 aromatic heterocycles. The molecule has 0 saturated heterocycles. The highest BCUT2D eigenvalue weighted by atomic mass is 16.5. The van der Waals surface area contributed by atoms with Crippen LogP contribution in [0.5, 0.6) is 0 Å². The zero-order chi connectivity index (χ0) is 17.6. The second-order valence-corrected chi connectivity index (χ2v) is 6.11. The molecule has 5 nitrogen and oxygen atoms in total. The number of hydrogen-bond donors (Lipinski definition) is 2. The molecule has 2 amide bonds. The van der Waals surface area contributed by atoms with E-state index < -0.39 is 12.1 Å². The van der Waals surface area contributed by atoms with Crippen molar-refractivity contribution >= 4 is 12.0 Å². The molecule has 0 radical (unpaired) electrons. The zero-order valence-electron chi connectivity index (χ0n) is 13.5. The fourth-order valence-electron chi connectivity index (χ4n) is 1.84. The summed E-state index contributed by atoms with van der Waals surface area (Å²) in [6.45, 7) is 5.70. The molecule has 3 N–H and O–H groups in total. The van der Waals surface area contributed by atoms with E-state index in [1.165, 1.54) is 0 Å². The molecule has 5 heteroatoms. The molecule has 0 spiro atoms. The van der Waals surface area contributed by atoms with E-state index in [0.29, 0.717) is 16.7 Å². The number of rotatable bonds is 4. The lowest BCUT2D eigenvalue weighted by Gasteiger charge is -2.30. The normalized spacial score (nSPS) is 11.7. The maximum Gasteiger partial charge on any atom is 0.404 e. The van der Waals surface area contributed by atoms with Gasteiger partial charge in [-0.15, -0.1) is 12.8 Å². The van der Waals surface area contributed by atoms with Gasteiger partial charge in [-0.1, -0.05) is 32.6 Å². The standard InChI is InChI=1S/C18H20N2O3/c1-6-12-8-13(7-2)10-14(9-12)16(21)20-15(18(3,4)5)11-23-17(19)22/h1-2,8-10,15H,11H2,3-5H3,(H2,19,22)(H,20,21). The summed E-state index contributed by atoms with van der Waals surface area (Å²) in [5, 5.41) is 2.82. The molecule has 1 aromatic carbocycles. The number of nitrogens with two attached hydrogens (primary N) is 1. The van der Waals surface area contributed by atoms with Crippen molar-refractivity contribution < 1.29 is 14.3 Å². The molecule has 1 unspecified atom stereocenters. The SMILES string of the molecule is C#Cc1cc(C#C)cc(C(=O)NC(COC(N)=O)C(C)(C)C)c1. The molecule has 1 atom stereocenters. The Morgan fingerprint density at radius 1 is 1.22 bits per heavy atom. The van der Waals surface area contributed by atoms with Gasteiger partial charge in [0.05, 0.1) is 6.04 Å². The van der Waals surface area contributed by atoms with E-state index in [2.05, 4.69) is 17.2 Å². The summed E-state index contributed by atoms with van der Waals surface area (Å²) in [5.74, 6) is 4.56. The highest BCUT2D eigenvalue weighted by molar-refractivity contribution is 5.95. The average molecular weight is 312 g/mol. The van der Waals surface area contributed by atoms with E-state index in [1.54, 1.807) is 18.2 Å². The van der Waals surface area contributed by atoms with Crippen LogP contribution in [0.15, 0.2) is 18.2 Å². The minimum absolute atomic E-state index is 0.0264. The van der Waals surface area contributed by atoms with Crippen LogP contribution in [0.3, 0.4) is 0 Å². The van der Waals surface area contributed by atoms with Crippen molar-refractivity contribution in [2.24, 2.45) is 11.1 Å². The zero-order valence-corrected chi connectivity index (χ0v) is 13.5. The van der Waals surface area contributed by atoms with Crippen molar-refractivity contribution in [3.63, 3.8) is 0 Å². The van der Waals surface area contributed by atoms with Gasteiger partial charge in [0.2, 0.25) is 0 Å². The monoisotopic (exact) mass is 312 g/mol. The number of primary amides is 1. The molecule has 23 heavy (non-hydrogen) atoms. The fraction of sp³-hybridized carbons (Fsp3) is 0.333. The number of amides is 2. The quantitative estimate of drug-likeness (QED) is 0.833. The summed E-state index contributed by atoms with van der Waals surface area (Å²) >= 11 is 0. The Morgan fingerprint density at radius 3 is 2.13 bits per heavy atom. The minimum Gasteiger partial charge on any atom is -0.448 e. The van der Waals surface area contributed by atoms with Gasteiger partial charge in [-0.25, -0.2) is 4.79 Å². The third kappa shape index (κ3) is 5.41. The van der Waals surface area contributed by atoms with Crippen molar-refractivity contribution in [3.8, 4) is 24.7 Å². The Kier molecular flexibility index (Phi) is 5.81. The summed E-state index contributed by atoms with van der Waals surface area (Å²) in [6.07, 6.45) is 9.85. The molecule has 120 valence electrons. The van der Waals surface area contributed by atoms with Gasteiger partial charge in [0.15, 0.2) is 0 Å². The predicted molar refractivity (Wildman–Crippen MR) is 88.6 cm³/mol. The van der Waals surface area contributed by atoms with Crippen LogP contribution in [0.2, 0.25) is 0 Å². The number of hydrogen-bond acceptors (Lipinski definition) is 3. The minimum atomic E-state index is -0.891. The van der Waals surface area contributed by atoms with Crippen LogP contribution in [0.25, 0.3) is 0 Å².